The van der Waals surface area contributed by atoms with E-state index in [0.717, 1.165) is 16.9 Å². The van der Waals surface area contributed by atoms with Crippen LogP contribution in [-0.4, -0.2) is 30.6 Å². The zero-order valence-electron chi connectivity index (χ0n) is 20.3. The Morgan fingerprint density at radius 1 is 0.946 bits per heavy atom. The number of rotatable bonds is 6. The Morgan fingerprint density at radius 2 is 1.68 bits per heavy atom. The van der Waals surface area contributed by atoms with Crippen LogP contribution >= 0.6 is 0 Å². The number of benzene rings is 4. The number of carbonyl (C=O) groups excluding carboxylic acids is 1. The number of hydrogen-bond acceptors (Lipinski definition) is 5. The molecular formula is C30H26N2O5. The number of fused-ring (bicyclic) bond motifs is 1. The minimum atomic E-state index is -1.08. The Hall–Kier alpha value is -4.78. The van der Waals surface area contributed by atoms with Crippen molar-refractivity contribution >= 4 is 23.3 Å². The van der Waals surface area contributed by atoms with Crippen LogP contribution in [0.25, 0.3) is 0 Å². The second-order valence-electron chi connectivity index (χ2n) is 8.73. The van der Waals surface area contributed by atoms with Gasteiger partial charge in [-0.2, -0.15) is 0 Å². The molecule has 7 nitrogen and oxygen atoms in total. The number of methoxy groups -OCH3 is 1. The van der Waals surface area contributed by atoms with Crippen molar-refractivity contribution in [3.8, 4) is 11.5 Å². The quantitative estimate of drug-likeness (QED) is 0.353. The second kappa shape index (κ2) is 10.5. The molecule has 1 atom stereocenters. The van der Waals surface area contributed by atoms with Crippen LogP contribution in [0.1, 0.15) is 37.9 Å². The first-order chi connectivity index (χ1) is 18.0. The molecule has 4 aromatic rings. The summed E-state index contributed by atoms with van der Waals surface area (Å²) >= 11 is 0. The van der Waals surface area contributed by atoms with E-state index < -0.39 is 5.97 Å². The molecule has 186 valence electrons. The summed E-state index contributed by atoms with van der Waals surface area (Å²) in [7, 11) is 1.56. The highest BCUT2D eigenvalue weighted by molar-refractivity contribution is 6.05. The molecule has 0 radical (unpaired) electrons. The Balaban J connectivity index is 1.46. The highest BCUT2D eigenvalue weighted by Gasteiger charge is 2.27. The van der Waals surface area contributed by atoms with Gasteiger partial charge in [-0.25, -0.2) is 4.79 Å². The molecule has 0 bridgehead atoms. The Labute approximate surface area is 214 Å². The zero-order valence-corrected chi connectivity index (χ0v) is 20.3. The predicted molar refractivity (Wildman–Crippen MR) is 142 cm³/mol. The van der Waals surface area contributed by atoms with E-state index in [0.29, 0.717) is 35.8 Å². The molecule has 0 fully saturated rings. The van der Waals surface area contributed by atoms with Gasteiger partial charge in [-0.05, 0) is 54.1 Å². The van der Waals surface area contributed by atoms with Crippen LogP contribution < -0.4 is 19.7 Å². The van der Waals surface area contributed by atoms with Crippen LogP contribution in [0.2, 0.25) is 0 Å². The van der Waals surface area contributed by atoms with E-state index in [2.05, 4.69) is 5.32 Å². The van der Waals surface area contributed by atoms with Gasteiger partial charge in [-0.15, -0.1) is 0 Å². The lowest BCUT2D eigenvalue weighted by molar-refractivity contribution is 0.0697. The van der Waals surface area contributed by atoms with E-state index in [1.165, 1.54) is 6.07 Å². The summed E-state index contributed by atoms with van der Waals surface area (Å²) in [6.07, 6.45) is -0.291. The molecule has 7 heteroatoms. The number of hydrogen-bond donors (Lipinski definition) is 2. The van der Waals surface area contributed by atoms with Crippen molar-refractivity contribution in [3.05, 3.63) is 119 Å². The first-order valence-corrected chi connectivity index (χ1v) is 11.9. The van der Waals surface area contributed by atoms with Gasteiger partial charge in [-0.1, -0.05) is 48.5 Å². The molecular weight excluding hydrogens is 468 g/mol. The molecule has 0 saturated heterocycles. The SMILES string of the molecule is COc1ccc(C(=O)Nc2ccc(N3Cc4ccccc4OC(c4ccccc4)C3)c(C(=O)O)c2)cc1. The summed E-state index contributed by atoms with van der Waals surface area (Å²) < 4.78 is 11.5. The minimum absolute atomic E-state index is 0.0960. The molecule has 0 aromatic heterocycles. The van der Waals surface area contributed by atoms with Gasteiger partial charge in [0.1, 0.15) is 17.6 Å². The maximum Gasteiger partial charge on any atom is 0.337 e. The van der Waals surface area contributed by atoms with E-state index >= 15 is 0 Å². The first kappa shape index (κ1) is 23.9. The van der Waals surface area contributed by atoms with Gasteiger partial charge in [-0.3, -0.25) is 4.79 Å². The monoisotopic (exact) mass is 494 g/mol. The average Bonchev–Trinajstić information content (AvgIpc) is 3.13. The largest absolute Gasteiger partial charge is 0.497 e. The van der Waals surface area contributed by atoms with Crippen LogP contribution in [0.5, 0.6) is 11.5 Å². The van der Waals surface area contributed by atoms with E-state index in [1.54, 1.807) is 43.5 Å². The smallest absolute Gasteiger partial charge is 0.337 e. The fourth-order valence-electron chi connectivity index (χ4n) is 4.44. The number of nitrogens with zero attached hydrogens (tertiary/aromatic N) is 1. The van der Waals surface area contributed by atoms with Crippen molar-refractivity contribution in [1.82, 2.24) is 0 Å². The summed E-state index contributed by atoms with van der Waals surface area (Å²) in [4.78, 5) is 27.1. The number of anilines is 2. The molecule has 5 rings (SSSR count). The molecule has 1 aliphatic heterocycles. The maximum atomic E-state index is 12.7. The second-order valence-corrected chi connectivity index (χ2v) is 8.73. The predicted octanol–water partition coefficient (Wildman–Crippen LogP) is 5.79. The molecule has 2 N–H and O–H groups in total. The van der Waals surface area contributed by atoms with Crippen LogP contribution in [0.15, 0.2) is 97.1 Å². The molecule has 0 spiro atoms. The minimum Gasteiger partial charge on any atom is -0.497 e. The van der Waals surface area contributed by atoms with Crippen molar-refractivity contribution in [1.29, 1.82) is 0 Å². The number of ether oxygens (including phenoxy) is 2. The van der Waals surface area contributed by atoms with Crippen LogP contribution in [-0.2, 0) is 6.54 Å². The summed E-state index contributed by atoms with van der Waals surface area (Å²) in [5.74, 6) is 0.00298. The molecule has 1 unspecified atom stereocenters. The lowest BCUT2D eigenvalue weighted by Gasteiger charge is -2.27. The van der Waals surface area contributed by atoms with Gasteiger partial charge in [0.05, 0.1) is 24.9 Å². The topological polar surface area (TPSA) is 88.1 Å². The van der Waals surface area contributed by atoms with Crippen molar-refractivity contribution in [3.63, 3.8) is 0 Å². The molecule has 0 saturated carbocycles. The maximum absolute atomic E-state index is 12.7. The Kier molecular flexibility index (Phi) is 6.76. The fraction of sp³-hybridized carbons (Fsp3) is 0.133. The van der Waals surface area contributed by atoms with Crippen molar-refractivity contribution in [2.24, 2.45) is 0 Å². The third-order valence-corrected chi connectivity index (χ3v) is 6.34. The first-order valence-electron chi connectivity index (χ1n) is 11.9. The number of aromatic carboxylic acids is 1. The molecule has 4 aromatic carbocycles. The third-order valence-electron chi connectivity index (χ3n) is 6.34. The van der Waals surface area contributed by atoms with Crippen molar-refractivity contribution in [2.75, 3.05) is 23.9 Å². The van der Waals surface area contributed by atoms with E-state index in [-0.39, 0.29) is 17.6 Å². The summed E-state index contributed by atoms with van der Waals surface area (Å²) in [6, 6.07) is 29.3. The number of carboxylic acid groups (broad SMARTS) is 1. The number of carboxylic acids is 1. The van der Waals surface area contributed by atoms with Crippen LogP contribution in [0.3, 0.4) is 0 Å². The van der Waals surface area contributed by atoms with Gasteiger partial charge in [0.25, 0.3) is 5.91 Å². The fourth-order valence-corrected chi connectivity index (χ4v) is 4.44. The molecule has 37 heavy (non-hydrogen) atoms. The lowest BCUT2D eigenvalue weighted by Crippen LogP contribution is -2.29. The standard InChI is InChI=1S/C30H26N2O5/c1-36-24-14-11-21(12-15-24)29(33)31-23-13-16-26(25(17-23)30(34)35)32-18-22-9-5-6-10-27(22)37-28(19-32)20-7-3-2-4-8-20/h2-17,28H,18-19H2,1H3,(H,31,33)(H,34,35). The van der Waals surface area contributed by atoms with Gasteiger partial charge in [0.15, 0.2) is 0 Å². The number of para-hydroxylation sites is 1. The van der Waals surface area contributed by atoms with Crippen molar-refractivity contribution in [2.45, 2.75) is 12.6 Å². The Bertz CT molecular complexity index is 1420. The third kappa shape index (κ3) is 5.26. The van der Waals surface area contributed by atoms with Crippen molar-refractivity contribution < 1.29 is 24.2 Å². The van der Waals surface area contributed by atoms with Gasteiger partial charge in [0, 0.05) is 23.4 Å². The van der Waals surface area contributed by atoms with Crippen LogP contribution in [0.4, 0.5) is 11.4 Å². The van der Waals surface area contributed by atoms with Crippen LogP contribution in [0, 0.1) is 0 Å². The molecule has 1 amide bonds. The average molecular weight is 495 g/mol. The molecule has 0 aliphatic carbocycles. The molecule has 1 heterocycles. The zero-order chi connectivity index (χ0) is 25.8. The van der Waals surface area contributed by atoms with E-state index in [1.807, 2.05) is 59.5 Å². The lowest BCUT2D eigenvalue weighted by atomic mass is 10.1. The Morgan fingerprint density at radius 3 is 2.41 bits per heavy atom. The number of amides is 1. The van der Waals surface area contributed by atoms with Gasteiger partial charge >= 0.3 is 5.97 Å². The number of nitrogens with one attached hydrogen (secondary N) is 1. The summed E-state index contributed by atoms with van der Waals surface area (Å²) in [5.41, 5.74) is 3.45. The highest BCUT2D eigenvalue weighted by atomic mass is 16.5. The van der Waals surface area contributed by atoms with Gasteiger partial charge < -0.3 is 24.8 Å². The van der Waals surface area contributed by atoms with Gasteiger partial charge in [0.2, 0.25) is 0 Å². The van der Waals surface area contributed by atoms with E-state index in [4.69, 9.17) is 9.47 Å². The molecule has 1 aliphatic rings. The van der Waals surface area contributed by atoms with E-state index in [9.17, 15) is 14.7 Å². The highest BCUT2D eigenvalue weighted by Crippen LogP contribution is 2.35. The summed E-state index contributed by atoms with van der Waals surface area (Å²) in [6.45, 7) is 0.938. The summed E-state index contributed by atoms with van der Waals surface area (Å²) in [5, 5.41) is 12.9. The normalized spacial score (nSPS) is 14.6. The number of carbonyl (C=O) groups is 2.